The van der Waals surface area contributed by atoms with Crippen LogP contribution in [-0.4, -0.2) is 63.9 Å². The van der Waals surface area contributed by atoms with Crippen molar-refractivity contribution in [2.75, 3.05) is 26.2 Å². The largest absolute Gasteiger partial charge is 0.354 e. The standard InChI is InChI=1S/C13H18N6O2/c20-12-9-2-1-3-18(11(9)6-15-12)13(21)10-7-19(17-16-10)8-4-14-5-8/h7-9,11,14H,1-6H2,(H,15,20). The first-order valence-corrected chi connectivity index (χ1v) is 7.45. The smallest absolute Gasteiger partial charge is 0.276 e. The molecule has 2 amide bonds. The van der Waals surface area contributed by atoms with Gasteiger partial charge in [0.15, 0.2) is 5.69 Å². The third-order valence-electron chi connectivity index (χ3n) is 4.73. The van der Waals surface area contributed by atoms with E-state index >= 15 is 0 Å². The second kappa shape index (κ2) is 4.80. The molecule has 112 valence electrons. The number of carbonyl (C=O) groups excluding carboxylic acids is 2. The maximum atomic E-state index is 12.6. The minimum absolute atomic E-state index is 0.0331. The quantitative estimate of drug-likeness (QED) is 0.712. The molecule has 2 atom stereocenters. The van der Waals surface area contributed by atoms with Crippen LogP contribution in [0.1, 0.15) is 29.4 Å². The Kier molecular flexibility index (Phi) is 2.91. The fraction of sp³-hybridized carbons (Fsp3) is 0.692. The van der Waals surface area contributed by atoms with E-state index in [0.717, 1.165) is 25.9 Å². The highest BCUT2D eigenvalue weighted by atomic mass is 16.2. The van der Waals surface area contributed by atoms with Gasteiger partial charge in [-0.25, -0.2) is 4.68 Å². The Bertz CT molecular complexity index is 581. The van der Waals surface area contributed by atoms with Crippen molar-refractivity contribution in [3.05, 3.63) is 11.9 Å². The van der Waals surface area contributed by atoms with Gasteiger partial charge in [0.25, 0.3) is 5.91 Å². The van der Waals surface area contributed by atoms with Gasteiger partial charge in [-0.2, -0.15) is 0 Å². The van der Waals surface area contributed by atoms with Crippen LogP contribution in [0.4, 0.5) is 0 Å². The number of piperidine rings is 1. The third kappa shape index (κ3) is 2.01. The average Bonchev–Trinajstić information content (AvgIpc) is 3.04. The Hall–Kier alpha value is -1.96. The van der Waals surface area contributed by atoms with Gasteiger partial charge in [-0.3, -0.25) is 9.59 Å². The predicted octanol–water partition coefficient (Wildman–Crippen LogP) is -1.23. The lowest BCUT2D eigenvalue weighted by Gasteiger charge is -2.35. The molecule has 2 unspecified atom stereocenters. The molecule has 1 aromatic heterocycles. The summed E-state index contributed by atoms with van der Waals surface area (Å²) >= 11 is 0. The number of carbonyl (C=O) groups is 2. The topological polar surface area (TPSA) is 92.2 Å². The summed E-state index contributed by atoms with van der Waals surface area (Å²) in [5.41, 5.74) is 0.377. The van der Waals surface area contributed by atoms with Crippen molar-refractivity contribution in [2.45, 2.75) is 24.9 Å². The Morgan fingerprint density at radius 3 is 2.95 bits per heavy atom. The van der Waals surface area contributed by atoms with Crippen LogP contribution in [0.3, 0.4) is 0 Å². The maximum Gasteiger partial charge on any atom is 0.276 e. The molecule has 1 aromatic rings. The molecule has 3 saturated heterocycles. The van der Waals surface area contributed by atoms with Gasteiger partial charge in [-0.05, 0) is 12.8 Å². The molecule has 4 heterocycles. The van der Waals surface area contributed by atoms with Crippen LogP contribution in [0, 0.1) is 5.92 Å². The number of amides is 2. The number of nitrogens with one attached hydrogen (secondary N) is 2. The van der Waals surface area contributed by atoms with Crippen molar-refractivity contribution in [3.63, 3.8) is 0 Å². The van der Waals surface area contributed by atoms with Gasteiger partial charge in [0.05, 0.1) is 24.2 Å². The predicted molar refractivity (Wildman–Crippen MR) is 72.5 cm³/mol. The minimum atomic E-state index is -0.111. The van der Waals surface area contributed by atoms with E-state index < -0.39 is 0 Å². The molecule has 4 rings (SSSR count). The lowest BCUT2D eigenvalue weighted by Crippen LogP contribution is -2.48. The van der Waals surface area contributed by atoms with E-state index in [1.54, 1.807) is 15.8 Å². The van der Waals surface area contributed by atoms with Crippen LogP contribution in [0.5, 0.6) is 0 Å². The summed E-state index contributed by atoms with van der Waals surface area (Å²) in [6.45, 7) is 2.97. The zero-order chi connectivity index (χ0) is 14.4. The summed E-state index contributed by atoms with van der Waals surface area (Å²) in [6, 6.07) is 0.261. The highest BCUT2D eigenvalue weighted by Gasteiger charge is 2.43. The molecule has 8 heteroatoms. The van der Waals surface area contributed by atoms with Gasteiger partial charge in [0.2, 0.25) is 5.91 Å². The molecule has 0 radical (unpaired) electrons. The van der Waals surface area contributed by atoms with Gasteiger partial charge in [-0.15, -0.1) is 5.10 Å². The van der Waals surface area contributed by atoms with Gasteiger partial charge >= 0.3 is 0 Å². The van der Waals surface area contributed by atoms with Gasteiger partial charge in [0, 0.05) is 26.2 Å². The number of nitrogens with zero attached hydrogens (tertiary/aromatic N) is 4. The SMILES string of the molecule is O=C1NCC2C1CCCN2C(=O)c1cn(C2CNC2)nn1. The third-order valence-corrected chi connectivity index (χ3v) is 4.73. The van der Waals surface area contributed by atoms with Crippen molar-refractivity contribution < 1.29 is 9.59 Å². The van der Waals surface area contributed by atoms with Crippen LogP contribution in [0.15, 0.2) is 6.20 Å². The summed E-state index contributed by atoms with van der Waals surface area (Å²) in [5.74, 6) is -0.102. The number of hydrogen-bond donors (Lipinski definition) is 2. The molecule has 0 bridgehead atoms. The van der Waals surface area contributed by atoms with Gasteiger partial charge < -0.3 is 15.5 Å². The molecule has 0 saturated carbocycles. The molecule has 3 aliphatic rings. The van der Waals surface area contributed by atoms with E-state index in [9.17, 15) is 9.59 Å². The normalized spacial score (nSPS) is 29.0. The molecule has 0 aromatic carbocycles. The molecule has 0 aliphatic carbocycles. The number of likely N-dealkylation sites (tertiary alicyclic amines) is 1. The molecule has 3 fully saturated rings. The van der Waals surface area contributed by atoms with Crippen molar-refractivity contribution in [2.24, 2.45) is 5.92 Å². The Morgan fingerprint density at radius 2 is 2.19 bits per heavy atom. The van der Waals surface area contributed by atoms with Crippen LogP contribution in [-0.2, 0) is 4.79 Å². The molecular formula is C13H18N6O2. The summed E-state index contributed by atoms with van der Waals surface area (Å²) in [7, 11) is 0. The number of rotatable bonds is 2. The van der Waals surface area contributed by atoms with Crippen LogP contribution < -0.4 is 10.6 Å². The zero-order valence-electron chi connectivity index (χ0n) is 11.7. The van der Waals surface area contributed by atoms with Gasteiger partial charge in [0.1, 0.15) is 0 Å². The maximum absolute atomic E-state index is 12.6. The fourth-order valence-electron chi connectivity index (χ4n) is 3.36. The summed E-state index contributed by atoms with van der Waals surface area (Å²) in [4.78, 5) is 26.2. The summed E-state index contributed by atoms with van der Waals surface area (Å²) in [6.07, 6.45) is 3.45. The second-order valence-electron chi connectivity index (χ2n) is 5.96. The monoisotopic (exact) mass is 290 g/mol. The number of fused-ring (bicyclic) bond motifs is 1. The molecule has 8 nitrogen and oxygen atoms in total. The van der Waals surface area contributed by atoms with E-state index in [1.165, 1.54) is 0 Å². The van der Waals surface area contributed by atoms with E-state index in [-0.39, 0.29) is 23.8 Å². The van der Waals surface area contributed by atoms with Crippen molar-refractivity contribution in [1.82, 2.24) is 30.5 Å². The fourth-order valence-corrected chi connectivity index (χ4v) is 3.36. The van der Waals surface area contributed by atoms with E-state index in [4.69, 9.17) is 0 Å². The Balaban J connectivity index is 1.53. The molecule has 3 aliphatic heterocycles. The first kappa shape index (κ1) is 12.8. The Labute approximate surface area is 121 Å². The molecule has 0 spiro atoms. The van der Waals surface area contributed by atoms with Crippen LogP contribution in [0.2, 0.25) is 0 Å². The van der Waals surface area contributed by atoms with Crippen molar-refractivity contribution in [3.8, 4) is 0 Å². The lowest BCUT2D eigenvalue weighted by atomic mass is 9.91. The first-order valence-electron chi connectivity index (χ1n) is 7.45. The average molecular weight is 290 g/mol. The zero-order valence-corrected chi connectivity index (χ0v) is 11.7. The summed E-state index contributed by atoms with van der Waals surface area (Å²) in [5, 5.41) is 14.1. The highest BCUT2D eigenvalue weighted by Crippen LogP contribution is 2.28. The van der Waals surface area contributed by atoms with E-state index in [0.29, 0.717) is 24.8 Å². The Morgan fingerprint density at radius 1 is 1.33 bits per heavy atom. The van der Waals surface area contributed by atoms with Crippen LogP contribution >= 0.6 is 0 Å². The van der Waals surface area contributed by atoms with Crippen molar-refractivity contribution in [1.29, 1.82) is 0 Å². The molecule has 21 heavy (non-hydrogen) atoms. The lowest BCUT2D eigenvalue weighted by molar-refractivity contribution is -0.123. The number of hydrogen-bond acceptors (Lipinski definition) is 5. The highest BCUT2D eigenvalue weighted by molar-refractivity contribution is 5.93. The minimum Gasteiger partial charge on any atom is -0.354 e. The van der Waals surface area contributed by atoms with E-state index in [2.05, 4.69) is 20.9 Å². The van der Waals surface area contributed by atoms with Gasteiger partial charge in [-0.1, -0.05) is 5.21 Å². The van der Waals surface area contributed by atoms with E-state index in [1.807, 2.05) is 0 Å². The van der Waals surface area contributed by atoms with Crippen LogP contribution in [0.25, 0.3) is 0 Å². The summed E-state index contributed by atoms with van der Waals surface area (Å²) < 4.78 is 1.75. The molecular weight excluding hydrogens is 272 g/mol. The second-order valence-corrected chi connectivity index (χ2v) is 5.96. The first-order chi connectivity index (χ1) is 10.2. The molecule has 2 N–H and O–H groups in total. The van der Waals surface area contributed by atoms with Crippen molar-refractivity contribution >= 4 is 11.8 Å². The number of aromatic nitrogens is 3.